The van der Waals surface area contributed by atoms with Crippen LogP contribution in [0.15, 0.2) is 211 Å². The first kappa shape index (κ1) is 32.9. The van der Waals surface area contributed by atoms with Gasteiger partial charge in [0.05, 0.1) is 38.8 Å². The van der Waals surface area contributed by atoms with Crippen LogP contribution in [-0.2, 0) is 0 Å². The van der Waals surface area contributed by atoms with Crippen molar-refractivity contribution in [2.75, 3.05) is 0 Å². The average molecular weight is 767 g/mol. The Balaban J connectivity index is 0.956. The number of rotatable bonds is 5. The number of benzene rings is 9. The molecule has 60 heavy (non-hydrogen) atoms. The summed E-state index contributed by atoms with van der Waals surface area (Å²) in [5.41, 5.74) is 15.0. The minimum absolute atomic E-state index is 0.860. The Labute approximate surface area is 344 Å². The molecule has 4 heterocycles. The Bertz CT molecular complexity index is 3810. The summed E-state index contributed by atoms with van der Waals surface area (Å²) in [5, 5.41) is 7.05. The smallest absolute Gasteiger partial charge is 0.159 e. The van der Waals surface area contributed by atoms with Gasteiger partial charge in [-0.05, 0) is 90.0 Å². The van der Waals surface area contributed by atoms with E-state index < -0.39 is 0 Å². The van der Waals surface area contributed by atoms with Crippen molar-refractivity contribution in [1.82, 2.24) is 18.7 Å². The van der Waals surface area contributed by atoms with Crippen LogP contribution in [0.3, 0.4) is 0 Å². The molecule has 0 spiro atoms. The molecule has 0 aliphatic heterocycles. The predicted molar refractivity (Wildman–Crippen MR) is 248 cm³/mol. The van der Waals surface area contributed by atoms with E-state index in [2.05, 4.69) is 208 Å². The fraction of sp³-hybridized carbons (Fsp3) is 0. The van der Waals surface area contributed by atoms with Gasteiger partial charge in [0.2, 0.25) is 0 Å². The lowest BCUT2D eigenvalue weighted by atomic mass is 10.0. The van der Waals surface area contributed by atoms with Crippen molar-refractivity contribution in [3.8, 4) is 39.6 Å². The number of hydrogen-bond donors (Lipinski definition) is 0. The number of furan rings is 1. The molecule has 0 radical (unpaired) electrons. The molecule has 0 aliphatic rings. The van der Waals surface area contributed by atoms with Crippen LogP contribution < -0.4 is 0 Å². The minimum atomic E-state index is 0.860. The molecule has 0 fully saturated rings. The van der Waals surface area contributed by atoms with Gasteiger partial charge in [-0.2, -0.15) is 0 Å². The maximum atomic E-state index is 6.94. The molecule has 280 valence electrons. The maximum Gasteiger partial charge on any atom is 0.159 e. The summed E-state index contributed by atoms with van der Waals surface area (Å²) in [4.78, 5) is 5.08. The second-order valence-corrected chi connectivity index (χ2v) is 15.6. The molecule has 0 unspecified atom stereocenters. The summed E-state index contributed by atoms with van der Waals surface area (Å²) in [7, 11) is 0. The largest absolute Gasteiger partial charge is 0.454 e. The van der Waals surface area contributed by atoms with Gasteiger partial charge in [-0.1, -0.05) is 127 Å². The first-order valence-electron chi connectivity index (χ1n) is 20.4. The number of nitrogens with zero attached hydrogens (tertiary/aromatic N) is 4. The highest BCUT2D eigenvalue weighted by atomic mass is 16.3. The van der Waals surface area contributed by atoms with E-state index in [-0.39, 0.29) is 0 Å². The van der Waals surface area contributed by atoms with Crippen LogP contribution in [0.4, 0.5) is 0 Å². The molecule has 13 aromatic rings. The third-order valence-corrected chi connectivity index (χ3v) is 12.3. The van der Waals surface area contributed by atoms with Gasteiger partial charge >= 0.3 is 0 Å². The lowest BCUT2D eigenvalue weighted by molar-refractivity contribution is 0.666. The number of aromatic nitrogens is 4. The summed E-state index contributed by atoms with van der Waals surface area (Å²) in [6, 6.07) is 73.5. The zero-order valence-corrected chi connectivity index (χ0v) is 32.3. The van der Waals surface area contributed by atoms with Gasteiger partial charge in [0.1, 0.15) is 11.4 Å². The van der Waals surface area contributed by atoms with Crippen molar-refractivity contribution in [3.63, 3.8) is 0 Å². The molecule has 0 atom stereocenters. The van der Waals surface area contributed by atoms with Crippen molar-refractivity contribution < 1.29 is 4.42 Å². The van der Waals surface area contributed by atoms with Crippen LogP contribution in [0, 0.1) is 0 Å². The molecule has 9 aromatic carbocycles. The average Bonchev–Trinajstić information content (AvgIpc) is 4.06. The van der Waals surface area contributed by atoms with E-state index in [4.69, 9.17) is 9.40 Å². The van der Waals surface area contributed by atoms with E-state index in [0.717, 1.165) is 83.6 Å². The molecule has 4 aromatic heterocycles. The van der Waals surface area contributed by atoms with E-state index in [1.165, 1.54) is 32.6 Å². The summed E-state index contributed by atoms with van der Waals surface area (Å²) < 4.78 is 14.0. The minimum Gasteiger partial charge on any atom is -0.454 e. The van der Waals surface area contributed by atoms with Gasteiger partial charge in [-0.25, -0.2) is 4.98 Å². The van der Waals surface area contributed by atoms with Crippen molar-refractivity contribution in [3.05, 3.63) is 206 Å². The fourth-order valence-corrected chi connectivity index (χ4v) is 9.55. The first-order valence-corrected chi connectivity index (χ1v) is 20.4. The highest BCUT2D eigenvalue weighted by molar-refractivity contribution is 6.20. The van der Waals surface area contributed by atoms with Crippen molar-refractivity contribution in [2.45, 2.75) is 0 Å². The molecule has 0 saturated carbocycles. The standard InChI is InChI=1S/C55H34N4O/c1-3-14-38(15-4-1)57-47-22-10-7-18-40(47)44-34-52-45(33-51(44)57)41-19-8-11-23-48(41)59(52)50-25-13-20-43-42-31-30-37(32-53(42)60-54(43)50)35-26-28-36(29-27-35)55-56-46-21-9-12-24-49(46)58(55)39-16-5-2-6-17-39/h1-34H. The van der Waals surface area contributed by atoms with E-state index in [1.54, 1.807) is 0 Å². The van der Waals surface area contributed by atoms with Crippen LogP contribution >= 0.6 is 0 Å². The third-order valence-electron chi connectivity index (χ3n) is 12.3. The Kier molecular flexibility index (Phi) is 6.95. The number of imidazole rings is 1. The Morgan fingerprint density at radius 2 is 0.883 bits per heavy atom. The fourth-order valence-electron chi connectivity index (χ4n) is 9.55. The van der Waals surface area contributed by atoms with E-state index in [9.17, 15) is 0 Å². The lowest BCUT2D eigenvalue weighted by Gasteiger charge is -2.10. The molecule has 0 amide bonds. The molecular weight excluding hydrogens is 733 g/mol. The van der Waals surface area contributed by atoms with Crippen LogP contribution in [0.5, 0.6) is 0 Å². The zero-order valence-electron chi connectivity index (χ0n) is 32.3. The molecule has 0 bridgehead atoms. The summed E-state index contributed by atoms with van der Waals surface area (Å²) >= 11 is 0. The normalized spacial score (nSPS) is 12.0. The van der Waals surface area contributed by atoms with Crippen molar-refractivity contribution in [1.29, 1.82) is 0 Å². The Morgan fingerprint density at radius 3 is 1.60 bits per heavy atom. The van der Waals surface area contributed by atoms with E-state index in [0.29, 0.717) is 0 Å². The Morgan fingerprint density at radius 1 is 0.333 bits per heavy atom. The van der Waals surface area contributed by atoms with Crippen LogP contribution in [0.1, 0.15) is 0 Å². The van der Waals surface area contributed by atoms with Crippen LogP contribution in [0.2, 0.25) is 0 Å². The van der Waals surface area contributed by atoms with Crippen molar-refractivity contribution >= 4 is 76.6 Å². The molecule has 5 heteroatoms. The van der Waals surface area contributed by atoms with E-state index >= 15 is 0 Å². The predicted octanol–water partition coefficient (Wildman–Crippen LogP) is 14.5. The topological polar surface area (TPSA) is 40.8 Å². The van der Waals surface area contributed by atoms with E-state index in [1.807, 2.05) is 12.1 Å². The molecule has 13 rings (SSSR count). The summed E-state index contributed by atoms with van der Waals surface area (Å²) in [6.07, 6.45) is 0. The van der Waals surface area contributed by atoms with Gasteiger partial charge in [0, 0.05) is 49.3 Å². The highest BCUT2D eigenvalue weighted by Crippen LogP contribution is 2.42. The SMILES string of the molecule is c1ccc(-n2c(-c3ccc(-c4ccc5c(c4)oc4c(-n6c7ccccc7c7cc8c(cc76)c6ccccc6n8-c6ccccc6)cccc45)cc3)nc3ccccc32)cc1. The second-order valence-electron chi connectivity index (χ2n) is 15.6. The molecule has 5 nitrogen and oxygen atoms in total. The zero-order chi connectivity index (χ0) is 39.3. The number of para-hydroxylation sites is 7. The first-order chi connectivity index (χ1) is 29.8. The van der Waals surface area contributed by atoms with Crippen molar-refractivity contribution in [2.24, 2.45) is 0 Å². The molecule has 0 aliphatic carbocycles. The molecule has 0 N–H and O–H groups in total. The quantitative estimate of drug-likeness (QED) is 0.175. The molecular formula is C55H34N4O. The molecule has 0 saturated heterocycles. The van der Waals surface area contributed by atoms with Crippen LogP contribution in [0.25, 0.3) is 116 Å². The third kappa shape index (κ3) is 4.77. The lowest BCUT2D eigenvalue weighted by Crippen LogP contribution is -1.97. The highest BCUT2D eigenvalue weighted by Gasteiger charge is 2.21. The van der Waals surface area contributed by atoms with Gasteiger partial charge < -0.3 is 13.6 Å². The Hall–Kier alpha value is -8.15. The van der Waals surface area contributed by atoms with Gasteiger partial charge in [0.25, 0.3) is 0 Å². The summed E-state index contributed by atoms with van der Waals surface area (Å²) in [6.45, 7) is 0. The number of hydrogen-bond acceptors (Lipinski definition) is 2. The second kappa shape index (κ2) is 12.7. The van der Waals surface area contributed by atoms with Gasteiger partial charge in [0.15, 0.2) is 5.58 Å². The number of fused-ring (bicyclic) bond motifs is 10. The monoisotopic (exact) mass is 766 g/mol. The van der Waals surface area contributed by atoms with Gasteiger partial charge in [-0.15, -0.1) is 0 Å². The maximum absolute atomic E-state index is 6.94. The van der Waals surface area contributed by atoms with Gasteiger partial charge in [-0.3, -0.25) is 4.57 Å². The summed E-state index contributed by atoms with van der Waals surface area (Å²) in [5.74, 6) is 0.918. The van der Waals surface area contributed by atoms with Crippen LogP contribution in [-0.4, -0.2) is 18.7 Å².